The van der Waals surface area contributed by atoms with Crippen molar-refractivity contribution in [1.82, 2.24) is 9.80 Å². The quantitative estimate of drug-likeness (QED) is 0.396. The number of cyclic esters (lactones) is 1. The number of carbonyl (C=O) groups excluding carboxylic acids is 2. The number of halogens is 1. The number of nitrogens with zero attached hydrogens (tertiary/aromatic N) is 3. The molecule has 238 valence electrons. The number of morpholine rings is 1. The van der Waals surface area contributed by atoms with Crippen molar-refractivity contribution in [3.8, 4) is 0 Å². The van der Waals surface area contributed by atoms with Gasteiger partial charge in [0.2, 0.25) is 0 Å². The summed E-state index contributed by atoms with van der Waals surface area (Å²) in [5.41, 5.74) is 0.564. The van der Waals surface area contributed by atoms with Crippen LogP contribution < -0.4 is 4.90 Å². The number of benzene rings is 1. The zero-order valence-electron chi connectivity index (χ0n) is 25.7. The molecule has 0 saturated carbocycles. The van der Waals surface area contributed by atoms with Gasteiger partial charge in [-0.3, -0.25) is 4.79 Å². The monoisotopic (exact) mass is 603 g/mol. The number of rotatable bonds is 4. The Kier molecular flexibility index (Phi) is 11.2. The van der Waals surface area contributed by atoms with Crippen molar-refractivity contribution in [2.75, 3.05) is 64.4 Å². The number of anilines is 1. The predicted molar refractivity (Wildman–Crippen MR) is 161 cm³/mol. The van der Waals surface area contributed by atoms with Crippen LogP contribution in [0.1, 0.15) is 45.6 Å². The zero-order chi connectivity index (χ0) is 31.1. The lowest BCUT2D eigenvalue weighted by molar-refractivity contribution is -0.151. The number of likely N-dealkylation sites (N-methyl/N-ethyl adjacent to an activating group) is 1. The first-order chi connectivity index (χ1) is 20.4. The topological polar surface area (TPSA) is 112 Å². The largest absolute Gasteiger partial charge is 0.457 e. The average molecular weight is 604 g/mol. The van der Waals surface area contributed by atoms with Gasteiger partial charge in [0.05, 0.1) is 25.7 Å². The van der Waals surface area contributed by atoms with E-state index in [1.165, 1.54) is 12.1 Å². The molecule has 0 aromatic heterocycles. The van der Waals surface area contributed by atoms with Crippen molar-refractivity contribution in [3.05, 3.63) is 47.3 Å². The minimum Gasteiger partial charge on any atom is -0.457 e. The van der Waals surface area contributed by atoms with Crippen molar-refractivity contribution in [1.29, 1.82) is 0 Å². The maximum Gasteiger partial charge on any atom is 0.410 e. The first-order valence-electron chi connectivity index (χ1n) is 15.1. The first kappa shape index (κ1) is 32.9. The molecular weight excluding hydrogens is 557 g/mol. The minimum atomic E-state index is -1.49. The lowest BCUT2D eigenvalue weighted by Gasteiger charge is -2.36. The Labute approximate surface area is 253 Å². The smallest absolute Gasteiger partial charge is 0.410 e. The van der Waals surface area contributed by atoms with Gasteiger partial charge in [-0.25, -0.2) is 9.18 Å². The molecule has 3 heterocycles. The molecule has 11 heteroatoms. The summed E-state index contributed by atoms with van der Waals surface area (Å²) in [4.78, 5) is 31.7. The fraction of sp³-hybridized carbons (Fsp3) is 0.625. The second-order valence-electron chi connectivity index (χ2n) is 12.2. The second-order valence-corrected chi connectivity index (χ2v) is 12.2. The average Bonchev–Trinajstić information content (AvgIpc) is 2.96. The van der Waals surface area contributed by atoms with Gasteiger partial charge in [0.1, 0.15) is 17.5 Å². The van der Waals surface area contributed by atoms with Crippen LogP contribution >= 0.6 is 0 Å². The summed E-state index contributed by atoms with van der Waals surface area (Å²) in [7, 11) is 1.99. The number of amides is 1. The molecule has 0 spiro atoms. The molecule has 2 N–H and O–H groups in total. The molecule has 43 heavy (non-hydrogen) atoms. The Morgan fingerprint density at radius 1 is 1.12 bits per heavy atom. The molecule has 0 unspecified atom stereocenters. The summed E-state index contributed by atoms with van der Waals surface area (Å²) in [6.45, 7) is 10.2. The molecule has 1 aromatic carbocycles. The summed E-state index contributed by atoms with van der Waals surface area (Å²) in [6, 6.07) is 4.82. The third-order valence-electron chi connectivity index (χ3n) is 8.44. The van der Waals surface area contributed by atoms with Gasteiger partial charge in [0.25, 0.3) is 0 Å². The van der Waals surface area contributed by atoms with E-state index in [9.17, 15) is 24.2 Å². The van der Waals surface area contributed by atoms with Crippen LogP contribution in [0.2, 0.25) is 0 Å². The number of piperazine rings is 1. The van der Waals surface area contributed by atoms with Crippen LogP contribution in [0, 0.1) is 11.7 Å². The van der Waals surface area contributed by atoms with Crippen molar-refractivity contribution < 1.29 is 38.4 Å². The van der Waals surface area contributed by atoms with Crippen LogP contribution in [-0.4, -0.2) is 116 Å². The third kappa shape index (κ3) is 9.25. The second kappa shape index (κ2) is 14.7. The lowest BCUT2D eigenvalue weighted by atomic mass is 9.88. The Bertz CT molecular complexity index is 1180. The van der Waals surface area contributed by atoms with Crippen molar-refractivity contribution in [2.45, 2.75) is 63.9 Å². The molecule has 0 aliphatic carbocycles. The highest BCUT2D eigenvalue weighted by Gasteiger charge is 2.36. The van der Waals surface area contributed by atoms with E-state index in [0.717, 1.165) is 18.8 Å². The van der Waals surface area contributed by atoms with Gasteiger partial charge in [-0.15, -0.1) is 0 Å². The third-order valence-corrected chi connectivity index (χ3v) is 8.44. The van der Waals surface area contributed by atoms with Gasteiger partial charge in [-0.2, -0.15) is 0 Å². The molecule has 2 fully saturated rings. The highest BCUT2D eigenvalue weighted by Crippen LogP contribution is 2.29. The number of aliphatic hydroxyl groups is 2. The summed E-state index contributed by atoms with van der Waals surface area (Å²) >= 11 is 0. The minimum absolute atomic E-state index is 0.105. The zero-order valence-corrected chi connectivity index (χ0v) is 25.7. The molecule has 10 nitrogen and oxygen atoms in total. The highest BCUT2D eigenvalue weighted by molar-refractivity contribution is 5.71. The number of hydrogen-bond acceptors (Lipinski definition) is 9. The van der Waals surface area contributed by atoms with Gasteiger partial charge in [0, 0.05) is 50.9 Å². The summed E-state index contributed by atoms with van der Waals surface area (Å²) in [5.74, 6) is -1.34. The lowest BCUT2D eigenvalue weighted by Crippen LogP contribution is -2.50. The number of ether oxygens (including phenoxy) is 3. The van der Waals surface area contributed by atoms with E-state index >= 15 is 0 Å². The fourth-order valence-electron chi connectivity index (χ4n) is 5.65. The fourth-order valence-corrected chi connectivity index (χ4v) is 5.65. The summed E-state index contributed by atoms with van der Waals surface area (Å²) < 4.78 is 31.8. The van der Waals surface area contributed by atoms with Crippen LogP contribution in [0.4, 0.5) is 14.9 Å². The van der Waals surface area contributed by atoms with Crippen LogP contribution in [-0.2, 0) is 19.0 Å². The summed E-state index contributed by atoms with van der Waals surface area (Å²) in [5, 5.41) is 21.9. The number of aliphatic hydroxyl groups excluding tert-OH is 1. The molecule has 3 aliphatic heterocycles. The van der Waals surface area contributed by atoms with Crippen LogP contribution in [0.25, 0.3) is 6.08 Å². The van der Waals surface area contributed by atoms with Crippen molar-refractivity contribution in [3.63, 3.8) is 0 Å². The molecule has 1 amide bonds. The van der Waals surface area contributed by atoms with E-state index in [2.05, 4.69) is 9.80 Å². The van der Waals surface area contributed by atoms with E-state index in [4.69, 9.17) is 14.2 Å². The molecule has 4 rings (SSSR count). The molecular formula is C32H46FN3O7. The number of carbonyl (C=O) groups is 2. The van der Waals surface area contributed by atoms with Gasteiger partial charge in [-0.1, -0.05) is 19.1 Å². The molecule has 5 atom stereocenters. The number of hydrogen-bond donors (Lipinski definition) is 2. The molecule has 0 radical (unpaired) electrons. The van der Waals surface area contributed by atoms with E-state index < -0.39 is 41.9 Å². The molecule has 2 saturated heterocycles. The standard InChI is InChI=1S/C32H46FN3O7/c1-22-5-6-28(42-31(39)36-11-9-34(4)10-12-36)32(3,40)8-7-27(37)21-29(38)43-30(22)23(2)17-24-18-25(33)20-26(19-24)35-13-15-41-16-14-35/h5-6,17-20,22,27-28,30,37,40H,7-16,21H2,1-4H3/b6-5+,23-17+/t22-,27+,28-,30-,32+/m0/s1. The predicted octanol–water partition coefficient (Wildman–Crippen LogP) is 3.22. The van der Waals surface area contributed by atoms with Gasteiger partial charge in [-0.05, 0) is 69.1 Å². The van der Waals surface area contributed by atoms with Gasteiger partial charge >= 0.3 is 12.1 Å². The summed E-state index contributed by atoms with van der Waals surface area (Å²) in [6.07, 6.45) is 1.88. The number of esters is 1. The Morgan fingerprint density at radius 3 is 2.51 bits per heavy atom. The maximum atomic E-state index is 14.6. The molecule has 0 bridgehead atoms. The molecule has 3 aliphatic rings. The van der Waals surface area contributed by atoms with E-state index in [1.807, 2.05) is 27.0 Å². The normalized spacial score (nSPS) is 31.0. The highest BCUT2D eigenvalue weighted by atomic mass is 19.1. The Hall–Kier alpha value is -2.99. The van der Waals surface area contributed by atoms with E-state index in [1.54, 1.807) is 30.1 Å². The first-order valence-corrected chi connectivity index (χ1v) is 15.1. The molecule has 1 aromatic rings. The van der Waals surface area contributed by atoms with E-state index in [-0.39, 0.29) is 25.1 Å². The Balaban J connectivity index is 1.59. The maximum absolute atomic E-state index is 14.6. The van der Waals surface area contributed by atoms with Crippen molar-refractivity contribution in [2.24, 2.45) is 5.92 Å². The van der Waals surface area contributed by atoms with E-state index in [0.29, 0.717) is 50.5 Å². The van der Waals surface area contributed by atoms with Gasteiger partial charge < -0.3 is 39.1 Å². The van der Waals surface area contributed by atoms with Gasteiger partial charge in [0.15, 0.2) is 6.10 Å². The van der Waals surface area contributed by atoms with Crippen LogP contribution in [0.5, 0.6) is 0 Å². The van der Waals surface area contributed by atoms with Crippen molar-refractivity contribution >= 4 is 23.8 Å². The Morgan fingerprint density at radius 2 is 1.81 bits per heavy atom. The SMILES string of the molecule is C/C(=C\c1cc(F)cc(N2CCOCC2)c1)[C@H]1OC(=O)C[C@H](O)CC[C@@](C)(O)[C@@H](OC(=O)N2CCN(C)CC2)/C=C/[C@@H]1C. The van der Waals surface area contributed by atoms with Crippen LogP contribution in [0.15, 0.2) is 35.9 Å². The van der Waals surface area contributed by atoms with Crippen LogP contribution in [0.3, 0.4) is 0 Å².